The smallest absolute Gasteiger partial charge is 0.250 e. The van der Waals surface area contributed by atoms with Gasteiger partial charge in [0.2, 0.25) is 17.7 Å². The number of aliphatic hydroxyl groups is 1. The number of rotatable bonds is 6. The van der Waals surface area contributed by atoms with Gasteiger partial charge in [-0.1, -0.05) is 25.1 Å². The molecule has 6 atom stereocenters. The Hall–Kier alpha value is -2.45. The highest BCUT2D eigenvalue weighted by molar-refractivity contribution is 6.04. The van der Waals surface area contributed by atoms with E-state index in [4.69, 9.17) is 4.74 Å². The third kappa shape index (κ3) is 2.99. The summed E-state index contributed by atoms with van der Waals surface area (Å²) in [6.07, 6.45) is 1.59. The normalized spacial score (nSPS) is 33.9. The lowest BCUT2D eigenvalue weighted by molar-refractivity contribution is -0.147. The number of hydrogen-bond donors (Lipinski definition) is 3. The Bertz CT molecular complexity index is 941. The van der Waals surface area contributed by atoms with E-state index >= 15 is 0 Å². The summed E-state index contributed by atoms with van der Waals surface area (Å²) in [5.41, 5.74) is 0.661. The van der Waals surface area contributed by atoms with Crippen LogP contribution < -0.4 is 10.6 Å². The molecule has 0 saturated carbocycles. The minimum absolute atomic E-state index is 0.250. The summed E-state index contributed by atoms with van der Waals surface area (Å²) in [4.78, 5) is 41.9. The van der Waals surface area contributed by atoms with E-state index < -0.39 is 35.1 Å². The number of anilines is 1. The molecule has 174 valence electrons. The number of carbonyl (C=O) groups excluding carboxylic acids is 3. The van der Waals surface area contributed by atoms with Crippen molar-refractivity contribution >= 4 is 23.4 Å². The molecular formula is C24H33N3O5. The van der Waals surface area contributed by atoms with Crippen molar-refractivity contribution in [3.8, 4) is 0 Å². The first-order valence-corrected chi connectivity index (χ1v) is 11.4. The number of ether oxygens (including phenoxy) is 1. The molecule has 3 fully saturated rings. The molecule has 0 aromatic heterocycles. The van der Waals surface area contributed by atoms with Crippen molar-refractivity contribution in [1.82, 2.24) is 10.2 Å². The van der Waals surface area contributed by atoms with E-state index in [1.54, 1.807) is 7.05 Å². The molecule has 1 aromatic rings. The monoisotopic (exact) mass is 443 g/mol. The van der Waals surface area contributed by atoms with Crippen LogP contribution in [0.25, 0.3) is 0 Å². The summed E-state index contributed by atoms with van der Waals surface area (Å²) in [7, 11) is 1.55. The molecule has 3 amide bonds. The van der Waals surface area contributed by atoms with Crippen LogP contribution in [0.1, 0.15) is 44.2 Å². The van der Waals surface area contributed by atoms with Gasteiger partial charge in [-0.3, -0.25) is 14.4 Å². The Morgan fingerprint density at radius 2 is 1.91 bits per heavy atom. The third-order valence-corrected chi connectivity index (χ3v) is 7.80. The fourth-order valence-electron chi connectivity index (χ4n) is 6.23. The van der Waals surface area contributed by atoms with Gasteiger partial charge in [0.05, 0.1) is 30.1 Å². The predicted molar refractivity (Wildman–Crippen MR) is 119 cm³/mol. The van der Waals surface area contributed by atoms with E-state index in [0.29, 0.717) is 24.9 Å². The number of aryl methyl sites for hydroxylation is 2. The Morgan fingerprint density at radius 3 is 2.47 bits per heavy atom. The van der Waals surface area contributed by atoms with Gasteiger partial charge in [0, 0.05) is 12.7 Å². The summed E-state index contributed by atoms with van der Waals surface area (Å²) >= 11 is 0. The summed E-state index contributed by atoms with van der Waals surface area (Å²) in [5, 5.41) is 15.8. The Labute approximate surface area is 188 Å². The van der Waals surface area contributed by atoms with Crippen molar-refractivity contribution in [2.75, 3.05) is 19.0 Å². The number of benzene rings is 1. The average Bonchev–Trinajstić information content (AvgIpc) is 3.32. The Balaban J connectivity index is 1.81. The highest BCUT2D eigenvalue weighted by atomic mass is 16.5. The highest BCUT2D eigenvalue weighted by Gasteiger charge is 2.78. The van der Waals surface area contributed by atoms with Crippen molar-refractivity contribution in [2.24, 2.45) is 11.8 Å². The topological polar surface area (TPSA) is 108 Å². The lowest BCUT2D eigenvalue weighted by Gasteiger charge is -2.36. The van der Waals surface area contributed by atoms with Gasteiger partial charge < -0.3 is 25.4 Å². The zero-order chi connectivity index (χ0) is 23.4. The lowest BCUT2D eigenvalue weighted by Crippen LogP contribution is -2.56. The van der Waals surface area contributed by atoms with Gasteiger partial charge in [0.15, 0.2) is 0 Å². The van der Waals surface area contributed by atoms with Crippen LogP contribution in [0.3, 0.4) is 0 Å². The third-order valence-electron chi connectivity index (χ3n) is 7.80. The number of amides is 3. The lowest BCUT2D eigenvalue weighted by atomic mass is 9.66. The molecule has 3 N–H and O–H groups in total. The number of carbonyl (C=O) groups is 3. The summed E-state index contributed by atoms with van der Waals surface area (Å²) < 4.78 is 6.51. The number of nitrogens with one attached hydrogen (secondary N) is 2. The van der Waals surface area contributed by atoms with Crippen LogP contribution in [-0.4, -0.2) is 64.7 Å². The molecule has 32 heavy (non-hydrogen) atoms. The van der Waals surface area contributed by atoms with Gasteiger partial charge in [-0.2, -0.15) is 0 Å². The van der Waals surface area contributed by atoms with Crippen molar-refractivity contribution < 1.29 is 24.2 Å². The molecule has 0 aliphatic carbocycles. The largest absolute Gasteiger partial charge is 0.394 e. The second-order valence-corrected chi connectivity index (χ2v) is 9.59. The SMILES string of the molecule is CC[C@@H](CO)N1C(=O)[C@@H]2[C@H](C(=O)NC)[C@]3(C)CCC2(O3)C1C(=O)Nc1c(C)cccc1C. The van der Waals surface area contributed by atoms with E-state index in [2.05, 4.69) is 10.6 Å². The first kappa shape index (κ1) is 22.7. The van der Waals surface area contributed by atoms with E-state index in [1.807, 2.05) is 45.9 Å². The molecule has 2 unspecified atom stereocenters. The number of para-hydroxylation sites is 1. The van der Waals surface area contributed by atoms with Crippen LogP contribution in [0.4, 0.5) is 5.69 Å². The van der Waals surface area contributed by atoms with Crippen molar-refractivity contribution in [2.45, 2.75) is 70.2 Å². The van der Waals surface area contributed by atoms with Gasteiger partial charge in [0.25, 0.3) is 0 Å². The average molecular weight is 444 g/mol. The molecule has 0 radical (unpaired) electrons. The Kier molecular flexibility index (Phi) is 5.57. The summed E-state index contributed by atoms with van der Waals surface area (Å²) in [6, 6.07) is 4.31. The number of likely N-dealkylation sites (tertiary alicyclic amines) is 1. The first-order valence-electron chi connectivity index (χ1n) is 11.4. The van der Waals surface area contributed by atoms with Crippen molar-refractivity contribution in [3.63, 3.8) is 0 Å². The molecule has 4 rings (SSSR count). The number of nitrogens with zero attached hydrogens (tertiary/aromatic N) is 1. The summed E-state index contributed by atoms with van der Waals surface area (Å²) in [5.74, 6) is -2.31. The quantitative estimate of drug-likeness (QED) is 0.618. The van der Waals surface area contributed by atoms with Crippen LogP contribution in [0.5, 0.6) is 0 Å². The zero-order valence-electron chi connectivity index (χ0n) is 19.4. The zero-order valence-corrected chi connectivity index (χ0v) is 19.4. The molecule has 8 heteroatoms. The molecule has 2 bridgehead atoms. The van der Waals surface area contributed by atoms with Gasteiger partial charge in [-0.05, 0) is 51.2 Å². The minimum atomic E-state index is -1.09. The maximum atomic E-state index is 13.8. The van der Waals surface area contributed by atoms with E-state index in [1.165, 1.54) is 4.90 Å². The number of hydrogen-bond acceptors (Lipinski definition) is 5. The molecule has 1 spiro atoms. The fourth-order valence-corrected chi connectivity index (χ4v) is 6.23. The second kappa shape index (κ2) is 7.85. The molecule has 3 saturated heterocycles. The van der Waals surface area contributed by atoms with Crippen LogP contribution >= 0.6 is 0 Å². The fraction of sp³-hybridized carbons (Fsp3) is 0.625. The molecular weight excluding hydrogens is 410 g/mol. The molecule has 8 nitrogen and oxygen atoms in total. The van der Waals surface area contributed by atoms with Crippen molar-refractivity contribution in [3.05, 3.63) is 29.3 Å². The van der Waals surface area contributed by atoms with Gasteiger partial charge in [-0.25, -0.2) is 0 Å². The molecule has 3 heterocycles. The maximum absolute atomic E-state index is 13.8. The van der Waals surface area contributed by atoms with E-state index in [0.717, 1.165) is 11.1 Å². The van der Waals surface area contributed by atoms with Crippen LogP contribution in [-0.2, 0) is 19.1 Å². The van der Waals surface area contributed by atoms with Gasteiger partial charge >= 0.3 is 0 Å². The minimum Gasteiger partial charge on any atom is -0.394 e. The Morgan fingerprint density at radius 1 is 1.25 bits per heavy atom. The predicted octanol–water partition coefficient (Wildman–Crippen LogP) is 1.52. The number of aliphatic hydroxyl groups excluding tert-OH is 1. The van der Waals surface area contributed by atoms with Crippen molar-refractivity contribution in [1.29, 1.82) is 0 Å². The molecule has 3 aliphatic rings. The maximum Gasteiger partial charge on any atom is 0.250 e. The van der Waals surface area contributed by atoms with Crippen LogP contribution in [0.2, 0.25) is 0 Å². The summed E-state index contributed by atoms with van der Waals surface area (Å²) in [6.45, 7) is 7.31. The molecule has 1 aromatic carbocycles. The van der Waals surface area contributed by atoms with E-state index in [9.17, 15) is 19.5 Å². The van der Waals surface area contributed by atoms with Crippen LogP contribution in [0.15, 0.2) is 18.2 Å². The second-order valence-electron chi connectivity index (χ2n) is 9.59. The highest BCUT2D eigenvalue weighted by Crippen LogP contribution is 2.63. The van der Waals surface area contributed by atoms with Gasteiger partial charge in [0.1, 0.15) is 11.6 Å². The number of fused-ring (bicyclic) bond motifs is 1. The van der Waals surface area contributed by atoms with Crippen LogP contribution in [0, 0.1) is 25.7 Å². The molecule has 3 aliphatic heterocycles. The van der Waals surface area contributed by atoms with Gasteiger partial charge in [-0.15, -0.1) is 0 Å². The standard InChI is InChI=1S/C24H33N3O5/c1-6-15(12-28)27-19(21(30)26-18-13(2)8-7-9-14(18)3)24-11-10-23(4,32-24)16(20(29)25-5)17(24)22(27)31/h7-9,15-17,19,28H,6,10-12H2,1-5H3,(H,25,29)(H,26,30)/t15-,16+,17-,19?,23-,24?/m0/s1. The van der Waals surface area contributed by atoms with E-state index in [-0.39, 0.29) is 24.3 Å². The first-order chi connectivity index (χ1) is 15.1.